The number of nitriles is 2. The highest BCUT2D eigenvalue weighted by atomic mass is 19.4. The summed E-state index contributed by atoms with van der Waals surface area (Å²) in [5.74, 6) is 0.0631. The smallest absolute Gasteiger partial charge is 0.369 e. The highest BCUT2D eigenvalue weighted by Crippen LogP contribution is 2.34. The number of halogens is 3. The molecule has 5 nitrogen and oxygen atoms in total. The molecule has 1 aliphatic rings. The highest BCUT2D eigenvalue weighted by molar-refractivity contribution is 5.68. The van der Waals surface area contributed by atoms with E-state index in [-0.39, 0.29) is 11.7 Å². The van der Waals surface area contributed by atoms with Gasteiger partial charge < -0.3 is 9.88 Å². The number of benzene rings is 1. The molecule has 1 N–H and O–H groups in total. The van der Waals surface area contributed by atoms with Crippen LogP contribution in [0, 0.1) is 22.7 Å². The average Bonchev–Trinajstić information content (AvgIpc) is 3.11. The maximum atomic E-state index is 12.8. The number of alkyl halides is 3. The van der Waals surface area contributed by atoms with Gasteiger partial charge in [-0.3, -0.25) is 0 Å². The van der Waals surface area contributed by atoms with E-state index in [9.17, 15) is 23.7 Å². The fourth-order valence-electron chi connectivity index (χ4n) is 3.16. The predicted molar refractivity (Wildman–Crippen MR) is 83.6 cm³/mol. The minimum absolute atomic E-state index is 0.219. The Morgan fingerprint density at radius 2 is 1.88 bits per heavy atom. The molecule has 1 saturated heterocycles. The minimum atomic E-state index is -4.46. The first-order valence-corrected chi connectivity index (χ1v) is 7.74. The lowest BCUT2D eigenvalue weighted by atomic mass is 9.95. The molecular weight excluding hydrogens is 331 g/mol. The van der Waals surface area contributed by atoms with Crippen molar-refractivity contribution in [3.05, 3.63) is 47.0 Å². The number of aromatic amines is 1. The average molecular weight is 345 g/mol. The Hall–Kier alpha value is -3.00. The van der Waals surface area contributed by atoms with Crippen LogP contribution in [0.3, 0.4) is 0 Å². The number of anilines is 1. The molecule has 2 heterocycles. The van der Waals surface area contributed by atoms with Gasteiger partial charge in [0, 0.05) is 19.0 Å². The van der Waals surface area contributed by atoms with Gasteiger partial charge in [0.2, 0.25) is 0 Å². The molecule has 0 radical (unpaired) electrons. The molecule has 2 aromatic rings. The van der Waals surface area contributed by atoms with Gasteiger partial charge in [-0.25, -0.2) is 4.98 Å². The van der Waals surface area contributed by atoms with Crippen LogP contribution in [-0.4, -0.2) is 23.1 Å². The van der Waals surface area contributed by atoms with Crippen LogP contribution in [0.5, 0.6) is 0 Å². The van der Waals surface area contributed by atoms with E-state index in [1.807, 2.05) is 4.90 Å². The van der Waals surface area contributed by atoms with Gasteiger partial charge in [0.05, 0.1) is 23.0 Å². The Morgan fingerprint density at radius 3 is 2.44 bits per heavy atom. The van der Waals surface area contributed by atoms with Crippen LogP contribution in [0.4, 0.5) is 18.9 Å². The summed E-state index contributed by atoms with van der Waals surface area (Å²) in [6.07, 6.45) is -2.23. The van der Waals surface area contributed by atoms with Gasteiger partial charge >= 0.3 is 6.18 Å². The first kappa shape index (κ1) is 16.8. The maximum absolute atomic E-state index is 12.8. The van der Waals surface area contributed by atoms with Crippen molar-refractivity contribution < 1.29 is 13.2 Å². The lowest BCUT2D eigenvalue weighted by molar-refractivity contribution is -0.141. The molecule has 8 heteroatoms. The van der Waals surface area contributed by atoms with Crippen molar-refractivity contribution in [1.29, 1.82) is 10.5 Å². The molecule has 1 aromatic carbocycles. The quantitative estimate of drug-likeness (QED) is 0.902. The second kappa shape index (κ2) is 6.48. The lowest BCUT2D eigenvalue weighted by Crippen LogP contribution is -2.35. The summed E-state index contributed by atoms with van der Waals surface area (Å²) in [6.45, 7) is 1.04. The molecule has 1 aromatic heterocycles. The Morgan fingerprint density at radius 1 is 1.20 bits per heavy atom. The van der Waals surface area contributed by atoms with E-state index in [1.54, 1.807) is 18.2 Å². The maximum Gasteiger partial charge on any atom is 0.432 e. The van der Waals surface area contributed by atoms with Gasteiger partial charge in [0.1, 0.15) is 23.7 Å². The molecule has 1 atom stereocenters. The Balaban J connectivity index is 1.89. The molecule has 0 amide bonds. The standard InChI is InChI=1S/C17H14F3N5/c18-17(19,20)14-9-23-16(24-14)13-5-2-6-25(10-13)15-11(7-21)3-1-4-12(15)8-22/h1,3-4,9,13H,2,5-6,10H2,(H,23,24)/t13-/m1/s1. The minimum Gasteiger partial charge on any atom is -0.369 e. The first-order valence-electron chi connectivity index (χ1n) is 7.74. The zero-order chi connectivity index (χ0) is 18.0. The second-order valence-corrected chi connectivity index (χ2v) is 5.89. The van der Waals surface area contributed by atoms with Crippen LogP contribution in [0.15, 0.2) is 24.4 Å². The predicted octanol–water partition coefficient (Wildman–Crippen LogP) is 3.56. The Labute approximate surface area is 142 Å². The van der Waals surface area contributed by atoms with Crippen LogP contribution in [0.25, 0.3) is 0 Å². The Bertz CT molecular complexity index is 824. The van der Waals surface area contributed by atoms with Gasteiger partial charge in [0.15, 0.2) is 0 Å². The van der Waals surface area contributed by atoms with E-state index < -0.39 is 11.9 Å². The fraction of sp³-hybridized carbons (Fsp3) is 0.353. The molecule has 0 spiro atoms. The van der Waals surface area contributed by atoms with Crippen molar-refractivity contribution in [2.45, 2.75) is 24.9 Å². The van der Waals surface area contributed by atoms with Gasteiger partial charge in [-0.1, -0.05) is 6.07 Å². The number of nitrogens with zero attached hydrogens (tertiary/aromatic N) is 4. The number of nitrogens with one attached hydrogen (secondary N) is 1. The van der Waals surface area contributed by atoms with Crippen LogP contribution >= 0.6 is 0 Å². The summed E-state index contributed by atoms with van der Waals surface area (Å²) in [4.78, 5) is 8.14. The molecular formula is C17H14F3N5. The van der Waals surface area contributed by atoms with Crippen molar-refractivity contribution in [1.82, 2.24) is 9.97 Å². The van der Waals surface area contributed by atoms with Crippen LogP contribution in [0.1, 0.15) is 41.4 Å². The second-order valence-electron chi connectivity index (χ2n) is 5.89. The molecule has 0 unspecified atom stereocenters. The van der Waals surface area contributed by atoms with E-state index in [4.69, 9.17) is 0 Å². The van der Waals surface area contributed by atoms with E-state index in [0.29, 0.717) is 36.3 Å². The Kier molecular flexibility index (Phi) is 4.37. The summed E-state index contributed by atoms with van der Waals surface area (Å²) in [6, 6.07) is 9.07. The SMILES string of the molecule is N#Cc1cccc(C#N)c1N1CCC[C@@H](c2ncc(C(F)(F)F)[nH]2)C1. The first-order chi connectivity index (χ1) is 11.9. The molecule has 0 aliphatic carbocycles. The third-order valence-electron chi connectivity index (χ3n) is 4.30. The zero-order valence-electron chi connectivity index (χ0n) is 13.1. The number of para-hydroxylation sites is 1. The molecule has 0 bridgehead atoms. The number of imidazole rings is 1. The van der Waals surface area contributed by atoms with Crippen LogP contribution in [0.2, 0.25) is 0 Å². The number of piperidine rings is 1. The van der Waals surface area contributed by atoms with E-state index in [2.05, 4.69) is 22.1 Å². The molecule has 1 fully saturated rings. The van der Waals surface area contributed by atoms with Gasteiger partial charge in [-0.15, -0.1) is 0 Å². The highest BCUT2D eigenvalue weighted by Gasteiger charge is 2.34. The van der Waals surface area contributed by atoms with Gasteiger partial charge in [0.25, 0.3) is 0 Å². The molecule has 1 aliphatic heterocycles. The number of hydrogen-bond acceptors (Lipinski definition) is 4. The van der Waals surface area contributed by atoms with Crippen LogP contribution in [-0.2, 0) is 6.18 Å². The van der Waals surface area contributed by atoms with Crippen molar-refractivity contribution in [2.75, 3.05) is 18.0 Å². The van der Waals surface area contributed by atoms with Crippen molar-refractivity contribution in [2.24, 2.45) is 0 Å². The fourth-order valence-corrected chi connectivity index (χ4v) is 3.16. The monoisotopic (exact) mass is 345 g/mol. The third-order valence-corrected chi connectivity index (χ3v) is 4.30. The number of aromatic nitrogens is 2. The van der Waals surface area contributed by atoms with E-state index >= 15 is 0 Å². The molecule has 0 saturated carbocycles. The summed E-state index contributed by atoms with van der Waals surface area (Å²) < 4.78 is 38.3. The topological polar surface area (TPSA) is 79.5 Å². The zero-order valence-corrected chi connectivity index (χ0v) is 13.1. The third kappa shape index (κ3) is 3.29. The van der Waals surface area contributed by atoms with Gasteiger partial charge in [-0.2, -0.15) is 23.7 Å². The normalized spacial score (nSPS) is 17.8. The van der Waals surface area contributed by atoms with E-state index in [0.717, 1.165) is 12.6 Å². The molecule has 3 rings (SSSR count). The molecule has 25 heavy (non-hydrogen) atoms. The molecule has 128 valence electrons. The van der Waals surface area contributed by atoms with Crippen molar-refractivity contribution in [3.8, 4) is 12.1 Å². The number of rotatable bonds is 2. The number of H-pyrrole nitrogens is 1. The summed E-state index contributed by atoms with van der Waals surface area (Å²) in [5.41, 5.74) is 0.444. The van der Waals surface area contributed by atoms with E-state index in [1.165, 1.54) is 0 Å². The van der Waals surface area contributed by atoms with Crippen LogP contribution < -0.4 is 4.90 Å². The van der Waals surface area contributed by atoms with Gasteiger partial charge in [-0.05, 0) is 25.0 Å². The summed E-state index contributed by atoms with van der Waals surface area (Å²) in [5, 5.41) is 18.6. The van der Waals surface area contributed by atoms with Crippen molar-refractivity contribution >= 4 is 5.69 Å². The largest absolute Gasteiger partial charge is 0.432 e. The van der Waals surface area contributed by atoms with Crippen molar-refractivity contribution in [3.63, 3.8) is 0 Å². The lowest BCUT2D eigenvalue weighted by Gasteiger charge is -2.34. The number of hydrogen-bond donors (Lipinski definition) is 1. The summed E-state index contributed by atoms with van der Waals surface area (Å²) in [7, 11) is 0. The summed E-state index contributed by atoms with van der Waals surface area (Å²) >= 11 is 0.